The van der Waals surface area contributed by atoms with E-state index < -0.39 is 11.7 Å². The fourth-order valence-electron chi connectivity index (χ4n) is 2.99. The quantitative estimate of drug-likeness (QED) is 0.652. The summed E-state index contributed by atoms with van der Waals surface area (Å²) < 4.78 is 13.6. The first-order valence-electron chi connectivity index (χ1n) is 9.04. The molecular formula is C23H21FN2O2. The van der Waals surface area contributed by atoms with Crippen LogP contribution in [0.4, 0.5) is 10.1 Å². The Morgan fingerprint density at radius 2 is 1.29 bits per heavy atom. The molecule has 3 rings (SSSR count). The van der Waals surface area contributed by atoms with Crippen LogP contribution in [0.2, 0.25) is 0 Å². The maximum atomic E-state index is 13.6. The van der Waals surface area contributed by atoms with Crippen LogP contribution < -0.4 is 10.6 Å². The number of amides is 2. The first-order valence-corrected chi connectivity index (χ1v) is 9.04. The van der Waals surface area contributed by atoms with E-state index in [1.54, 1.807) is 12.1 Å². The lowest BCUT2D eigenvalue weighted by atomic mass is 9.88. The molecule has 0 bridgehead atoms. The predicted molar refractivity (Wildman–Crippen MR) is 107 cm³/mol. The van der Waals surface area contributed by atoms with Gasteiger partial charge in [0.1, 0.15) is 5.82 Å². The second-order valence-corrected chi connectivity index (χ2v) is 6.38. The van der Waals surface area contributed by atoms with Crippen LogP contribution in [-0.2, 0) is 9.59 Å². The van der Waals surface area contributed by atoms with Crippen molar-refractivity contribution in [3.8, 4) is 0 Å². The van der Waals surface area contributed by atoms with Gasteiger partial charge >= 0.3 is 0 Å². The highest BCUT2D eigenvalue weighted by Crippen LogP contribution is 2.27. The Hall–Kier alpha value is -3.47. The summed E-state index contributed by atoms with van der Waals surface area (Å²) in [5.74, 6) is -1.36. The van der Waals surface area contributed by atoms with Crippen LogP contribution >= 0.6 is 0 Å². The molecule has 0 aliphatic rings. The van der Waals surface area contributed by atoms with Gasteiger partial charge in [0.05, 0.1) is 12.2 Å². The molecule has 142 valence electrons. The van der Waals surface area contributed by atoms with Crippen molar-refractivity contribution < 1.29 is 14.0 Å². The van der Waals surface area contributed by atoms with Gasteiger partial charge in [0, 0.05) is 12.3 Å². The minimum Gasteiger partial charge on any atom is -0.347 e. The van der Waals surface area contributed by atoms with Gasteiger partial charge in [-0.1, -0.05) is 72.8 Å². The number of nitrogens with one attached hydrogen (secondary N) is 2. The van der Waals surface area contributed by atoms with Crippen LogP contribution in [0.15, 0.2) is 84.9 Å². The van der Waals surface area contributed by atoms with E-state index >= 15 is 0 Å². The zero-order valence-corrected chi connectivity index (χ0v) is 15.3. The summed E-state index contributed by atoms with van der Waals surface area (Å²) in [4.78, 5) is 24.5. The summed E-state index contributed by atoms with van der Waals surface area (Å²) in [5, 5.41) is 5.07. The van der Waals surface area contributed by atoms with Gasteiger partial charge in [-0.15, -0.1) is 0 Å². The monoisotopic (exact) mass is 376 g/mol. The zero-order chi connectivity index (χ0) is 19.8. The Labute approximate surface area is 163 Å². The van der Waals surface area contributed by atoms with Crippen molar-refractivity contribution in [3.05, 3.63) is 102 Å². The van der Waals surface area contributed by atoms with Gasteiger partial charge in [0.2, 0.25) is 11.8 Å². The number of hydrogen-bond donors (Lipinski definition) is 2. The highest BCUT2D eigenvalue weighted by atomic mass is 19.1. The van der Waals surface area contributed by atoms with E-state index in [2.05, 4.69) is 10.6 Å². The summed E-state index contributed by atoms with van der Waals surface area (Å²) in [6.07, 6.45) is 0.209. The maximum absolute atomic E-state index is 13.6. The lowest BCUT2D eigenvalue weighted by molar-refractivity contribution is -0.124. The van der Waals surface area contributed by atoms with E-state index in [1.807, 2.05) is 60.7 Å². The molecule has 0 aliphatic heterocycles. The van der Waals surface area contributed by atoms with E-state index in [0.717, 1.165) is 11.1 Å². The lowest BCUT2D eigenvalue weighted by Gasteiger charge is -2.18. The van der Waals surface area contributed by atoms with E-state index in [1.165, 1.54) is 12.1 Å². The number of carbonyl (C=O) groups is 2. The van der Waals surface area contributed by atoms with Crippen molar-refractivity contribution in [2.45, 2.75) is 12.3 Å². The molecule has 0 saturated heterocycles. The van der Waals surface area contributed by atoms with Gasteiger partial charge in [-0.25, -0.2) is 4.39 Å². The molecule has 2 N–H and O–H groups in total. The molecular weight excluding hydrogens is 355 g/mol. The normalized spacial score (nSPS) is 10.5. The average molecular weight is 376 g/mol. The van der Waals surface area contributed by atoms with Crippen molar-refractivity contribution >= 4 is 17.5 Å². The van der Waals surface area contributed by atoms with Crippen LogP contribution in [0.3, 0.4) is 0 Å². The molecule has 2 amide bonds. The molecule has 0 fully saturated rings. The van der Waals surface area contributed by atoms with Crippen molar-refractivity contribution in [2.24, 2.45) is 0 Å². The van der Waals surface area contributed by atoms with Crippen LogP contribution in [0.1, 0.15) is 23.5 Å². The highest BCUT2D eigenvalue weighted by molar-refractivity contribution is 5.94. The third-order valence-corrected chi connectivity index (χ3v) is 4.39. The van der Waals surface area contributed by atoms with Gasteiger partial charge in [-0.3, -0.25) is 9.59 Å². The molecule has 0 unspecified atom stereocenters. The van der Waals surface area contributed by atoms with Gasteiger partial charge < -0.3 is 10.6 Å². The third-order valence-electron chi connectivity index (χ3n) is 4.39. The Balaban J connectivity index is 1.61. The summed E-state index contributed by atoms with van der Waals surface area (Å²) in [6, 6.07) is 25.4. The van der Waals surface area contributed by atoms with Crippen LogP contribution in [0.25, 0.3) is 0 Å². The Morgan fingerprint density at radius 3 is 1.86 bits per heavy atom. The van der Waals surface area contributed by atoms with Gasteiger partial charge in [-0.2, -0.15) is 0 Å². The maximum Gasteiger partial charge on any atom is 0.243 e. The number of hydrogen-bond acceptors (Lipinski definition) is 2. The summed E-state index contributed by atoms with van der Waals surface area (Å²) >= 11 is 0. The number of para-hydroxylation sites is 1. The number of benzene rings is 3. The molecule has 0 heterocycles. The largest absolute Gasteiger partial charge is 0.347 e. The Morgan fingerprint density at radius 1 is 0.750 bits per heavy atom. The molecule has 0 aliphatic carbocycles. The van der Waals surface area contributed by atoms with Crippen LogP contribution in [0, 0.1) is 5.82 Å². The van der Waals surface area contributed by atoms with Crippen molar-refractivity contribution in [3.63, 3.8) is 0 Å². The van der Waals surface area contributed by atoms with E-state index in [0.29, 0.717) is 0 Å². The minimum atomic E-state index is -0.518. The van der Waals surface area contributed by atoms with Crippen molar-refractivity contribution in [1.29, 1.82) is 0 Å². The topological polar surface area (TPSA) is 58.2 Å². The predicted octanol–water partition coefficient (Wildman–Crippen LogP) is 4.10. The molecule has 0 saturated carbocycles. The fourth-order valence-corrected chi connectivity index (χ4v) is 2.99. The molecule has 0 spiro atoms. The fraction of sp³-hybridized carbons (Fsp3) is 0.130. The molecule has 0 aromatic heterocycles. The average Bonchev–Trinajstić information content (AvgIpc) is 2.73. The van der Waals surface area contributed by atoms with Gasteiger partial charge in [-0.05, 0) is 23.3 Å². The SMILES string of the molecule is O=C(CC(c1ccccc1)c1ccccc1)NCC(=O)Nc1ccccc1F. The smallest absolute Gasteiger partial charge is 0.243 e. The number of anilines is 1. The summed E-state index contributed by atoms with van der Waals surface area (Å²) in [5.41, 5.74) is 2.15. The highest BCUT2D eigenvalue weighted by Gasteiger charge is 2.18. The Bertz CT molecular complexity index is 890. The molecule has 5 heteroatoms. The van der Waals surface area contributed by atoms with E-state index in [-0.39, 0.29) is 30.5 Å². The number of halogens is 1. The molecule has 0 atom stereocenters. The van der Waals surface area contributed by atoms with Gasteiger partial charge in [0.25, 0.3) is 0 Å². The van der Waals surface area contributed by atoms with Crippen molar-refractivity contribution in [2.75, 3.05) is 11.9 Å². The molecule has 0 radical (unpaired) electrons. The summed E-state index contributed by atoms with van der Waals surface area (Å²) in [7, 11) is 0. The third kappa shape index (κ3) is 5.27. The van der Waals surface area contributed by atoms with Crippen LogP contribution in [0.5, 0.6) is 0 Å². The molecule has 4 nitrogen and oxygen atoms in total. The minimum absolute atomic E-state index is 0.0909. The number of carbonyl (C=O) groups excluding carboxylic acids is 2. The number of rotatable bonds is 7. The molecule has 3 aromatic rings. The van der Waals surface area contributed by atoms with E-state index in [4.69, 9.17) is 0 Å². The Kier molecular flexibility index (Phi) is 6.52. The van der Waals surface area contributed by atoms with Crippen LogP contribution in [-0.4, -0.2) is 18.4 Å². The second-order valence-electron chi connectivity index (χ2n) is 6.38. The second kappa shape index (κ2) is 9.46. The summed E-state index contributed by atoms with van der Waals surface area (Å²) in [6.45, 7) is -0.219. The lowest BCUT2D eigenvalue weighted by Crippen LogP contribution is -2.33. The van der Waals surface area contributed by atoms with Crippen molar-refractivity contribution in [1.82, 2.24) is 5.32 Å². The van der Waals surface area contributed by atoms with E-state index in [9.17, 15) is 14.0 Å². The molecule has 3 aromatic carbocycles. The van der Waals surface area contributed by atoms with Gasteiger partial charge in [0.15, 0.2) is 0 Å². The first kappa shape index (κ1) is 19.3. The standard InChI is InChI=1S/C23H21FN2O2/c24-20-13-7-8-14-21(20)26-23(28)16-25-22(27)15-19(17-9-3-1-4-10-17)18-11-5-2-6-12-18/h1-14,19H,15-16H2,(H,25,27)(H,26,28). The zero-order valence-electron chi connectivity index (χ0n) is 15.3. The first-order chi connectivity index (χ1) is 13.6. The molecule has 28 heavy (non-hydrogen) atoms.